The highest BCUT2D eigenvalue weighted by Gasteiger charge is 2.29. The van der Waals surface area contributed by atoms with Crippen LogP contribution >= 0.6 is 0 Å². The fraction of sp³-hybridized carbons (Fsp3) is 1.00. The molecule has 0 aliphatic carbocycles. The lowest BCUT2D eigenvalue weighted by Gasteiger charge is -2.35. The van der Waals surface area contributed by atoms with Crippen molar-refractivity contribution in [1.82, 2.24) is 10.2 Å². The van der Waals surface area contributed by atoms with E-state index in [1.165, 1.54) is 0 Å². The molecule has 1 aliphatic heterocycles. The highest BCUT2D eigenvalue weighted by molar-refractivity contribution is 4.86. The lowest BCUT2D eigenvalue weighted by atomic mass is 9.92. The predicted octanol–water partition coefficient (Wildman–Crippen LogP) is 0.0526. The second kappa shape index (κ2) is 4.21. The van der Waals surface area contributed by atoms with Gasteiger partial charge in [-0.1, -0.05) is 6.92 Å². The lowest BCUT2D eigenvalue weighted by Crippen LogP contribution is -2.48. The summed E-state index contributed by atoms with van der Waals surface area (Å²) in [7, 11) is 2.06. The largest absolute Gasteiger partial charge is 0.388 e. The Morgan fingerprint density at radius 1 is 1.42 bits per heavy atom. The summed E-state index contributed by atoms with van der Waals surface area (Å²) >= 11 is 0. The minimum atomic E-state index is -0.435. The Balaban J connectivity index is 2.35. The Morgan fingerprint density at radius 2 is 2.00 bits per heavy atom. The number of nitrogens with one attached hydrogen (secondary N) is 1. The Hall–Kier alpha value is -0.120. The van der Waals surface area contributed by atoms with Crippen molar-refractivity contribution in [2.45, 2.75) is 25.4 Å². The summed E-state index contributed by atoms with van der Waals surface area (Å²) in [6, 6.07) is 0. The topological polar surface area (TPSA) is 35.5 Å². The Morgan fingerprint density at radius 3 is 2.50 bits per heavy atom. The number of hydrogen-bond donors (Lipinski definition) is 2. The minimum absolute atomic E-state index is 0.435. The van der Waals surface area contributed by atoms with Crippen molar-refractivity contribution >= 4 is 0 Å². The smallest absolute Gasteiger partial charge is 0.0798 e. The van der Waals surface area contributed by atoms with Gasteiger partial charge in [-0.3, -0.25) is 0 Å². The van der Waals surface area contributed by atoms with E-state index >= 15 is 0 Å². The first-order valence-electron chi connectivity index (χ1n) is 4.78. The molecule has 3 heteroatoms. The van der Waals surface area contributed by atoms with Crippen LogP contribution in [0.5, 0.6) is 0 Å². The third-order valence-corrected chi connectivity index (χ3v) is 2.64. The van der Waals surface area contributed by atoms with Crippen LogP contribution in [0.2, 0.25) is 0 Å². The molecule has 1 heterocycles. The minimum Gasteiger partial charge on any atom is -0.388 e. The number of piperidine rings is 1. The fourth-order valence-corrected chi connectivity index (χ4v) is 1.66. The first kappa shape index (κ1) is 9.96. The molecule has 2 N–H and O–H groups in total. The normalized spacial score (nSPS) is 23.0. The molecule has 0 spiro atoms. The maximum atomic E-state index is 10.1. The summed E-state index contributed by atoms with van der Waals surface area (Å²) in [4.78, 5) is 2.17. The van der Waals surface area contributed by atoms with Crippen molar-refractivity contribution in [2.75, 3.05) is 33.2 Å². The van der Waals surface area contributed by atoms with Gasteiger partial charge in [0.2, 0.25) is 0 Å². The van der Waals surface area contributed by atoms with E-state index in [0.717, 1.165) is 39.0 Å². The summed E-state index contributed by atoms with van der Waals surface area (Å²) in [5.41, 5.74) is -0.435. The molecular formula is C9H20N2O. The molecule has 12 heavy (non-hydrogen) atoms. The zero-order valence-electron chi connectivity index (χ0n) is 8.14. The van der Waals surface area contributed by atoms with E-state index in [1.54, 1.807) is 0 Å². The average molecular weight is 172 g/mol. The van der Waals surface area contributed by atoms with Gasteiger partial charge in [-0.25, -0.2) is 0 Å². The monoisotopic (exact) mass is 172 g/mol. The second-order valence-corrected chi connectivity index (χ2v) is 3.80. The van der Waals surface area contributed by atoms with E-state index in [-0.39, 0.29) is 0 Å². The Bertz CT molecular complexity index is 132. The molecule has 1 aliphatic rings. The van der Waals surface area contributed by atoms with Crippen molar-refractivity contribution in [1.29, 1.82) is 0 Å². The van der Waals surface area contributed by atoms with Gasteiger partial charge in [0.15, 0.2) is 0 Å². The summed E-state index contributed by atoms with van der Waals surface area (Å²) in [5.74, 6) is 0. The molecule has 1 rings (SSSR count). The summed E-state index contributed by atoms with van der Waals surface area (Å²) in [5, 5.41) is 13.3. The molecule has 1 fully saturated rings. The quantitative estimate of drug-likeness (QED) is 0.631. The molecule has 0 atom stereocenters. The van der Waals surface area contributed by atoms with E-state index in [0.29, 0.717) is 0 Å². The average Bonchev–Trinajstić information content (AvgIpc) is 2.05. The van der Waals surface area contributed by atoms with Crippen LogP contribution in [0.3, 0.4) is 0 Å². The first-order chi connectivity index (χ1) is 5.66. The van der Waals surface area contributed by atoms with Crippen LogP contribution < -0.4 is 5.32 Å². The third kappa shape index (κ3) is 2.73. The van der Waals surface area contributed by atoms with Gasteiger partial charge in [0.25, 0.3) is 0 Å². The van der Waals surface area contributed by atoms with Gasteiger partial charge in [-0.2, -0.15) is 0 Å². The number of nitrogens with zero attached hydrogens (tertiary/aromatic N) is 1. The van der Waals surface area contributed by atoms with Crippen molar-refractivity contribution in [3.05, 3.63) is 0 Å². The van der Waals surface area contributed by atoms with Crippen molar-refractivity contribution in [2.24, 2.45) is 0 Å². The van der Waals surface area contributed by atoms with E-state index in [9.17, 15) is 5.11 Å². The van der Waals surface area contributed by atoms with Crippen LogP contribution in [0.1, 0.15) is 19.8 Å². The number of aliphatic hydroxyl groups is 1. The van der Waals surface area contributed by atoms with Gasteiger partial charge in [0.05, 0.1) is 5.60 Å². The molecular weight excluding hydrogens is 152 g/mol. The molecule has 0 aromatic heterocycles. The zero-order valence-corrected chi connectivity index (χ0v) is 8.14. The maximum absolute atomic E-state index is 10.1. The molecule has 0 amide bonds. The number of rotatable bonds is 3. The number of likely N-dealkylation sites (N-methyl/N-ethyl adjacent to an activating group) is 1. The van der Waals surface area contributed by atoms with E-state index < -0.39 is 5.60 Å². The van der Waals surface area contributed by atoms with Gasteiger partial charge >= 0.3 is 0 Å². The SMILES string of the molecule is CCN(C)CC1(O)CCNCC1. The lowest BCUT2D eigenvalue weighted by molar-refractivity contribution is -0.0142. The predicted molar refractivity (Wildman–Crippen MR) is 50.2 cm³/mol. The fourth-order valence-electron chi connectivity index (χ4n) is 1.66. The summed E-state index contributed by atoms with van der Waals surface area (Å²) in [6.45, 7) is 5.84. The molecule has 72 valence electrons. The van der Waals surface area contributed by atoms with Crippen LogP contribution in [0.25, 0.3) is 0 Å². The highest BCUT2D eigenvalue weighted by atomic mass is 16.3. The van der Waals surface area contributed by atoms with Crippen LogP contribution in [-0.4, -0.2) is 48.8 Å². The van der Waals surface area contributed by atoms with Crippen LogP contribution in [0.15, 0.2) is 0 Å². The Labute approximate surface area is 74.8 Å². The molecule has 0 aromatic carbocycles. The molecule has 0 unspecified atom stereocenters. The summed E-state index contributed by atoms with van der Waals surface area (Å²) < 4.78 is 0. The summed E-state index contributed by atoms with van der Waals surface area (Å²) in [6.07, 6.45) is 1.77. The maximum Gasteiger partial charge on any atom is 0.0798 e. The van der Waals surface area contributed by atoms with Crippen LogP contribution in [0.4, 0.5) is 0 Å². The molecule has 0 saturated carbocycles. The van der Waals surface area contributed by atoms with Gasteiger partial charge < -0.3 is 15.3 Å². The molecule has 0 radical (unpaired) electrons. The van der Waals surface area contributed by atoms with E-state index in [2.05, 4.69) is 24.2 Å². The van der Waals surface area contributed by atoms with Crippen LogP contribution in [-0.2, 0) is 0 Å². The van der Waals surface area contributed by atoms with Crippen molar-refractivity contribution in [3.63, 3.8) is 0 Å². The second-order valence-electron chi connectivity index (χ2n) is 3.80. The molecule has 0 aromatic rings. The molecule has 1 saturated heterocycles. The van der Waals surface area contributed by atoms with E-state index in [1.807, 2.05) is 0 Å². The third-order valence-electron chi connectivity index (χ3n) is 2.64. The molecule has 3 nitrogen and oxygen atoms in total. The van der Waals surface area contributed by atoms with E-state index in [4.69, 9.17) is 0 Å². The first-order valence-corrected chi connectivity index (χ1v) is 4.78. The Kier molecular flexibility index (Phi) is 3.50. The van der Waals surface area contributed by atoms with Gasteiger partial charge in [-0.15, -0.1) is 0 Å². The van der Waals surface area contributed by atoms with Crippen molar-refractivity contribution in [3.8, 4) is 0 Å². The van der Waals surface area contributed by atoms with Gasteiger partial charge in [0.1, 0.15) is 0 Å². The standard InChI is InChI=1S/C9H20N2O/c1-3-11(2)8-9(12)4-6-10-7-5-9/h10,12H,3-8H2,1-2H3. The van der Waals surface area contributed by atoms with Crippen molar-refractivity contribution < 1.29 is 5.11 Å². The molecule has 0 bridgehead atoms. The van der Waals surface area contributed by atoms with Crippen LogP contribution in [0, 0.1) is 0 Å². The zero-order chi connectivity index (χ0) is 9.03. The number of hydrogen-bond acceptors (Lipinski definition) is 3. The van der Waals surface area contributed by atoms with Gasteiger partial charge in [-0.05, 0) is 39.5 Å². The van der Waals surface area contributed by atoms with Gasteiger partial charge in [0, 0.05) is 6.54 Å². The highest BCUT2D eigenvalue weighted by Crippen LogP contribution is 2.18.